The minimum Gasteiger partial charge on any atom is -0.497 e. The van der Waals surface area contributed by atoms with Crippen LogP contribution in [0.2, 0.25) is 0 Å². The van der Waals surface area contributed by atoms with Crippen molar-refractivity contribution in [3.05, 3.63) is 35.4 Å². The zero-order chi connectivity index (χ0) is 12.9. The van der Waals surface area contributed by atoms with Gasteiger partial charge in [-0.15, -0.1) is 0 Å². The zero-order valence-corrected chi connectivity index (χ0v) is 10.2. The van der Waals surface area contributed by atoms with E-state index in [0.717, 1.165) is 12.1 Å². The molecule has 0 fully saturated rings. The molecule has 5 heteroatoms. The van der Waals surface area contributed by atoms with E-state index in [1.54, 1.807) is 18.2 Å². The van der Waals surface area contributed by atoms with Crippen molar-refractivity contribution in [1.82, 2.24) is 0 Å². The first kappa shape index (κ1) is 14.0. The van der Waals surface area contributed by atoms with Crippen LogP contribution >= 0.6 is 12.6 Å². The van der Waals surface area contributed by atoms with E-state index in [0.29, 0.717) is 17.7 Å². The number of ether oxygens (including phenoxy) is 1. The van der Waals surface area contributed by atoms with E-state index in [-0.39, 0.29) is 5.75 Å². The van der Waals surface area contributed by atoms with E-state index in [4.69, 9.17) is 4.74 Å². The van der Waals surface area contributed by atoms with E-state index in [1.165, 1.54) is 7.11 Å². The molecular formula is C12H13F3OS. The Morgan fingerprint density at radius 2 is 2.00 bits per heavy atom. The Kier molecular flexibility index (Phi) is 4.93. The number of methoxy groups -OCH3 is 1. The monoisotopic (exact) mass is 262 g/mol. The predicted octanol–water partition coefficient (Wildman–Crippen LogP) is 4.05. The molecule has 0 N–H and O–H groups in total. The van der Waals surface area contributed by atoms with Gasteiger partial charge >= 0.3 is 6.18 Å². The molecule has 0 aliphatic heterocycles. The highest BCUT2D eigenvalue weighted by atomic mass is 32.1. The normalized spacial score (nSPS) is 12.1. The van der Waals surface area contributed by atoms with Gasteiger partial charge in [0.2, 0.25) is 0 Å². The first-order valence-electron chi connectivity index (χ1n) is 5.01. The number of allylic oxidation sites excluding steroid dienone is 1. The third-order valence-electron chi connectivity index (χ3n) is 2.10. The summed E-state index contributed by atoms with van der Waals surface area (Å²) in [5, 5.41) is 0. The van der Waals surface area contributed by atoms with Gasteiger partial charge in [-0.25, -0.2) is 0 Å². The minimum absolute atomic E-state index is 0.199. The molecule has 0 radical (unpaired) electrons. The molecule has 0 heterocycles. The maximum atomic E-state index is 12.6. The highest BCUT2D eigenvalue weighted by Gasteiger charge is 2.31. The standard InChI is InChI=1S/C12H13F3OS/c1-16-11-7-9(4-2-3-5-17)6-10(8-11)12(13,14)15/h2,4,6-8,17H,3,5H2,1H3. The van der Waals surface area contributed by atoms with Crippen molar-refractivity contribution >= 4 is 18.7 Å². The summed E-state index contributed by atoms with van der Waals surface area (Å²) >= 11 is 4.02. The SMILES string of the molecule is COc1cc(C=CCCS)cc(C(F)(F)F)c1. The number of hydrogen-bond acceptors (Lipinski definition) is 2. The third kappa shape index (κ3) is 4.34. The number of alkyl halides is 3. The molecule has 0 unspecified atom stereocenters. The first-order chi connectivity index (χ1) is 7.97. The van der Waals surface area contributed by atoms with Crippen LogP contribution in [0, 0.1) is 0 Å². The van der Waals surface area contributed by atoms with Crippen LogP contribution in [0.3, 0.4) is 0 Å². The largest absolute Gasteiger partial charge is 0.497 e. The summed E-state index contributed by atoms with van der Waals surface area (Å²) in [6.07, 6.45) is -0.238. The van der Waals surface area contributed by atoms with Crippen LogP contribution in [0.4, 0.5) is 13.2 Å². The van der Waals surface area contributed by atoms with Crippen LogP contribution < -0.4 is 4.74 Å². The molecule has 0 aromatic heterocycles. The van der Waals surface area contributed by atoms with Crippen molar-refractivity contribution in [2.45, 2.75) is 12.6 Å². The highest BCUT2D eigenvalue weighted by Crippen LogP contribution is 2.32. The average Bonchev–Trinajstić information content (AvgIpc) is 2.28. The number of benzene rings is 1. The molecule has 1 rings (SSSR count). The smallest absolute Gasteiger partial charge is 0.416 e. The van der Waals surface area contributed by atoms with Gasteiger partial charge in [-0.1, -0.05) is 12.2 Å². The van der Waals surface area contributed by atoms with Crippen LogP contribution in [-0.2, 0) is 6.18 Å². The van der Waals surface area contributed by atoms with Gasteiger partial charge in [0.15, 0.2) is 0 Å². The van der Waals surface area contributed by atoms with Gasteiger partial charge in [-0.3, -0.25) is 0 Å². The Morgan fingerprint density at radius 3 is 2.53 bits per heavy atom. The van der Waals surface area contributed by atoms with Crippen molar-refractivity contribution in [2.24, 2.45) is 0 Å². The van der Waals surface area contributed by atoms with Gasteiger partial charge in [0.1, 0.15) is 5.75 Å². The molecular weight excluding hydrogens is 249 g/mol. The quantitative estimate of drug-likeness (QED) is 0.805. The van der Waals surface area contributed by atoms with Crippen molar-refractivity contribution in [3.8, 4) is 5.75 Å². The lowest BCUT2D eigenvalue weighted by Crippen LogP contribution is -2.05. The number of rotatable bonds is 4. The van der Waals surface area contributed by atoms with E-state index >= 15 is 0 Å². The summed E-state index contributed by atoms with van der Waals surface area (Å²) in [4.78, 5) is 0. The number of thiol groups is 1. The number of hydrogen-bond donors (Lipinski definition) is 1. The molecule has 0 atom stereocenters. The molecule has 0 spiro atoms. The summed E-state index contributed by atoms with van der Waals surface area (Å²) in [6.45, 7) is 0. The van der Waals surface area contributed by atoms with Crippen LogP contribution in [0.1, 0.15) is 17.5 Å². The van der Waals surface area contributed by atoms with Crippen LogP contribution in [0.5, 0.6) is 5.75 Å². The Bertz CT molecular complexity index is 399. The Hall–Kier alpha value is -1.10. The summed E-state index contributed by atoms with van der Waals surface area (Å²) in [6, 6.07) is 3.64. The maximum Gasteiger partial charge on any atom is 0.416 e. The molecule has 17 heavy (non-hydrogen) atoms. The lowest BCUT2D eigenvalue weighted by atomic mass is 10.1. The molecule has 1 nitrogen and oxygen atoms in total. The van der Waals surface area contributed by atoms with Crippen LogP contribution in [0.15, 0.2) is 24.3 Å². The Balaban J connectivity index is 3.06. The molecule has 1 aromatic carbocycles. The van der Waals surface area contributed by atoms with Crippen LogP contribution in [0.25, 0.3) is 6.08 Å². The second-order valence-electron chi connectivity index (χ2n) is 3.41. The van der Waals surface area contributed by atoms with Gasteiger partial charge in [0.25, 0.3) is 0 Å². The van der Waals surface area contributed by atoms with Gasteiger partial charge in [-0.05, 0) is 35.9 Å². The molecule has 0 amide bonds. The van der Waals surface area contributed by atoms with E-state index in [9.17, 15) is 13.2 Å². The van der Waals surface area contributed by atoms with E-state index in [2.05, 4.69) is 12.6 Å². The fraction of sp³-hybridized carbons (Fsp3) is 0.333. The first-order valence-corrected chi connectivity index (χ1v) is 5.64. The topological polar surface area (TPSA) is 9.23 Å². The predicted molar refractivity (Wildman–Crippen MR) is 65.5 cm³/mol. The molecule has 0 aliphatic rings. The fourth-order valence-electron chi connectivity index (χ4n) is 1.29. The molecule has 0 aliphatic carbocycles. The lowest BCUT2D eigenvalue weighted by molar-refractivity contribution is -0.137. The average molecular weight is 262 g/mol. The molecule has 0 bridgehead atoms. The zero-order valence-electron chi connectivity index (χ0n) is 9.29. The molecule has 0 saturated carbocycles. The fourth-order valence-corrected chi connectivity index (χ4v) is 1.44. The summed E-state index contributed by atoms with van der Waals surface area (Å²) < 4.78 is 42.6. The van der Waals surface area contributed by atoms with E-state index in [1.807, 2.05) is 0 Å². The van der Waals surface area contributed by atoms with Crippen molar-refractivity contribution in [1.29, 1.82) is 0 Å². The highest BCUT2D eigenvalue weighted by molar-refractivity contribution is 7.80. The summed E-state index contributed by atoms with van der Waals surface area (Å²) in [5.41, 5.74) is -0.235. The molecule has 0 saturated heterocycles. The van der Waals surface area contributed by atoms with E-state index < -0.39 is 11.7 Å². The van der Waals surface area contributed by atoms with Crippen LogP contribution in [-0.4, -0.2) is 12.9 Å². The van der Waals surface area contributed by atoms with Gasteiger partial charge in [0, 0.05) is 0 Å². The third-order valence-corrected chi connectivity index (χ3v) is 2.36. The van der Waals surface area contributed by atoms with Gasteiger partial charge < -0.3 is 4.74 Å². The van der Waals surface area contributed by atoms with Gasteiger partial charge in [0.05, 0.1) is 12.7 Å². The lowest BCUT2D eigenvalue weighted by Gasteiger charge is -2.10. The number of halogens is 3. The Labute approximate surface area is 104 Å². The Morgan fingerprint density at radius 1 is 1.29 bits per heavy atom. The van der Waals surface area contributed by atoms with Crippen molar-refractivity contribution in [3.63, 3.8) is 0 Å². The minimum atomic E-state index is -4.36. The van der Waals surface area contributed by atoms with Crippen molar-refractivity contribution < 1.29 is 17.9 Å². The molecule has 1 aromatic rings. The second-order valence-corrected chi connectivity index (χ2v) is 3.85. The molecule has 94 valence electrons. The summed E-state index contributed by atoms with van der Waals surface area (Å²) in [5.74, 6) is 0.859. The van der Waals surface area contributed by atoms with Crippen molar-refractivity contribution in [2.75, 3.05) is 12.9 Å². The summed E-state index contributed by atoms with van der Waals surface area (Å²) in [7, 11) is 1.34. The maximum absolute atomic E-state index is 12.6. The van der Waals surface area contributed by atoms with Gasteiger partial charge in [-0.2, -0.15) is 25.8 Å². The second kappa shape index (κ2) is 6.00.